The molecule has 2 N–H and O–H groups in total. The molecule has 2 heterocycles. The van der Waals surface area contributed by atoms with E-state index in [-0.39, 0.29) is 5.56 Å². The maximum atomic E-state index is 11.6. The van der Waals surface area contributed by atoms with Crippen LogP contribution in [-0.4, -0.2) is 23.5 Å². The zero-order valence-corrected chi connectivity index (χ0v) is 11.2. The summed E-state index contributed by atoms with van der Waals surface area (Å²) in [5.74, 6) is -1.24. The minimum absolute atomic E-state index is 0.126. The molecule has 0 aliphatic rings. The number of rotatable bonds is 5. The van der Waals surface area contributed by atoms with Gasteiger partial charge in [-0.2, -0.15) is 0 Å². The molecule has 0 radical (unpaired) electrons. The van der Waals surface area contributed by atoms with Crippen molar-refractivity contribution in [1.82, 2.24) is 10.3 Å². The first-order valence-corrected chi connectivity index (χ1v) is 6.68. The number of nitrogens with one attached hydrogen (secondary N) is 2. The van der Waals surface area contributed by atoms with E-state index in [0.717, 1.165) is 4.88 Å². The fourth-order valence-corrected chi connectivity index (χ4v) is 2.09. The molecule has 0 bridgehead atoms. The molecule has 2 aromatic heterocycles. The van der Waals surface area contributed by atoms with Gasteiger partial charge in [0.2, 0.25) is 0 Å². The van der Waals surface area contributed by atoms with Crippen LogP contribution < -0.4 is 10.9 Å². The van der Waals surface area contributed by atoms with Gasteiger partial charge in [-0.15, -0.1) is 11.3 Å². The van der Waals surface area contributed by atoms with Crippen molar-refractivity contribution in [3.63, 3.8) is 0 Å². The molecule has 6 nitrogen and oxygen atoms in total. The molecule has 7 heteroatoms. The van der Waals surface area contributed by atoms with Gasteiger partial charge in [-0.1, -0.05) is 6.07 Å². The van der Waals surface area contributed by atoms with Crippen LogP contribution in [0.25, 0.3) is 0 Å². The van der Waals surface area contributed by atoms with Gasteiger partial charge in [0.05, 0.1) is 6.54 Å². The Kier molecular flexibility index (Phi) is 4.67. The second kappa shape index (κ2) is 6.67. The summed E-state index contributed by atoms with van der Waals surface area (Å²) in [4.78, 5) is 37.8. The van der Waals surface area contributed by atoms with Gasteiger partial charge in [0.1, 0.15) is 5.56 Å². The van der Waals surface area contributed by atoms with Crippen molar-refractivity contribution in [2.75, 3.05) is 6.61 Å². The highest BCUT2D eigenvalue weighted by molar-refractivity contribution is 7.09. The van der Waals surface area contributed by atoms with Crippen molar-refractivity contribution in [3.8, 4) is 0 Å². The zero-order valence-electron chi connectivity index (χ0n) is 10.4. The third kappa shape index (κ3) is 3.79. The minimum Gasteiger partial charge on any atom is -0.452 e. The number of aromatic nitrogens is 1. The number of esters is 1. The second-order valence-corrected chi connectivity index (χ2v) is 4.88. The van der Waals surface area contributed by atoms with Crippen LogP contribution in [0.5, 0.6) is 0 Å². The van der Waals surface area contributed by atoms with Gasteiger partial charge < -0.3 is 15.0 Å². The maximum absolute atomic E-state index is 11.6. The number of H-pyrrole nitrogens is 1. The molecular weight excluding hydrogens is 280 g/mol. The summed E-state index contributed by atoms with van der Waals surface area (Å²) in [6.45, 7) is -0.0293. The first-order chi connectivity index (χ1) is 9.66. The Hall–Kier alpha value is -2.41. The summed E-state index contributed by atoms with van der Waals surface area (Å²) in [5, 5.41) is 4.52. The average Bonchev–Trinajstić information content (AvgIpc) is 2.96. The molecule has 0 aliphatic heterocycles. The number of aromatic amines is 1. The summed E-state index contributed by atoms with van der Waals surface area (Å²) in [5.41, 5.74) is -0.671. The van der Waals surface area contributed by atoms with Gasteiger partial charge in [-0.05, 0) is 23.6 Å². The highest BCUT2D eigenvalue weighted by atomic mass is 32.1. The third-order valence-electron chi connectivity index (χ3n) is 2.41. The lowest BCUT2D eigenvalue weighted by Crippen LogP contribution is -2.29. The van der Waals surface area contributed by atoms with E-state index in [2.05, 4.69) is 10.3 Å². The minimum atomic E-state index is -0.821. The second-order valence-electron chi connectivity index (χ2n) is 3.85. The molecule has 0 spiro atoms. The molecule has 2 aromatic rings. The molecule has 0 atom stereocenters. The predicted molar refractivity (Wildman–Crippen MR) is 73.5 cm³/mol. The Morgan fingerprint density at radius 1 is 1.30 bits per heavy atom. The lowest BCUT2D eigenvalue weighted by atomic mass is 10.3. The quantitative estimate of drug-likeness (QED) is 0.802. The summed E-state index contributed by atoms with van der Waals surface area (Å²) in [7, 11) is 0. The standard InChI is InChI=1S/C13H12N2O4S/c16-11(15-7-9-3-2-6-20-9)8-19-13(18)10-4-1-5-14-12(10)17/h1-6H,7-8H2,(H,14,17)(H,15,16). The fourth-order valence-electron chi connectivity index (χ4n) is 1.44. The lowest BCUT2D eigenvalue weighted by molar-refractivity contribution is -0.124. The molecule has 0 aromatic carbocycles. The number of ether oxygens (including phenoxy) is 1. The van der Waals surface area contributed by atoms with Crippen LogP contribution in [0, 0.1) is 0 Å². The van der Waals surface area contributed by atoms with Crippen LogP contribution in [0.1, 0.15) is 15.2 Å². The first-order valence-electron chi connectivity index (χ1n) is 5.81. The van der Waals surface area contributed by atoms with Gasteiger partial charge >= 0.3 is 5.97 Å². The monoisotopic (exact) mass is 292 g/mol. The van der Waals surface area contributed by atoms with Gasteiger partial charge in [0.15, 0.2) is 6.61 Å². The SMILES string of the molecule is O=C(COC(=O)c1ccc[nH]c1=O)NCc1cccs1. The van der Waals surface area contributed by atoms with Crippen molar-refractivity contribution >= 4 is 23.2 Å². The van der Waals surface area contributed by atoms with E-state index >= 15 is 0 Å². The summed E-state index contributed by atoms with van der Waals surface area (Å²) in [6, 6.07) is 6.62. The van der Waals surface area contributed by atoms with E-state index < -0.39 is 24.0 Å². The van der Waals surface area contributed by atoms with Crippen LogP contribution in [0.3, 0.4) is 0 Å². The predicted octanol–water partition coefficient (Wildman–Crippen LogP) is 0.910. The fraction of sp³-hybridized carbons (Fsp3) is 0.154. The Bertz CT molecular complexity index is 648. The van der Waals surface area contributed by atoms with E-state index in [1.165, 1.54) is 29.7 Å². The average molecular weight is 292 g/mol. The normalized spacial score (nSPS) is 10.0. The number of hydrogen-bond acceptors (Lipinski definition) is 5. The summed E-state index contributed by atoms with van der Waals surface area (Å²) >= 11 is 1.52. The van der Waals surface area contributed by atoms with Crippen molar-refractivity contribution in [2.45, 2.75) is 6.54 Å². The topological polar surface area (TPSA) is 88.3 Å². The van der Waals surface area contributed by atoms with Gasteiger partial charge in [-0.25, -0.2) is 4.79 Å². The molecule has 0 saturated carbocycles. The number of pyridine rings is 1. The highest BCUT2D eigenvalue weighted by Crippen LogP contribution is 2.07. The molecule has 0 saturated heterocycles. The van der Waals surface area contributed by atoms with Crippen LogP contribution in [0.15, 0.2) is 40.6 Å². The Balaban J connectivity index is 1.80. The maximum Gasteiger partial charge on any atom is 0.344 e. The zero-order chi connectivity index (χ0) is 14.4. The van der Waals surface area contributed by atoms with Crippen LogP contribution in [0.2, 0.25) is 0 Å². The smallest absolute Gasteiger partial charge is 0.344 e. The Labute approximate surface area is 118 Å². The van der Waals surface area contributed by atoms with Crippen molar-refractivity contribution in [1.29, 1.82) is 0 Å². The number of carbonyl (C=O) groups is 2. The van der Waals surface area contributed by atoms with E-state index in [1.807, 2.05) is 17.5 Å². The number of carbonyl (C=O) groups excluding carboxylic acids is 2. The molecule has 104 valence electrons. The van der Waals surface area contributed by atoms with E-state index in [4.69, 9.17) is 4.74 Å². The number of amides is 1. The van der Waals surface area contributed by atoms with Crippen LogP contribution in [0.4, 0.5) is 0 Å². The van der Waals surface area contributed by atoms with Crippen LogP contribution in [-0.2, 0) is 16.1 Å². The molecule has 0 aliphatic carbocycles. The Morgan fingerprint density at radius 2 is 2.15 bits per heavy atom. The number of thiophene rings is 1. The molecular formula is C13H12N2O4S. The molecule has 0 unspecified atom stereocenters. The summed E-state index contributed by atoms with van der Waals surface area (Å²) < 4.78 is 4.77. The van der Waals surface area contributed by atoms with E-state index in [1.54, 1.807) is 0 Å². The first kappa shape index (κ1) is 14.0. The van der Waals surface area contributed by atoms with Gasteiger partial charge in [0.25, 0.3) is 11.5 Å². The molecule has 2 rings (SSSR count). The number of hydrogen-bond donors (Lipinski definition) is 2. The van der Waals surface area contributed by atoms with Crippen molar-refractivity contribution in [2.24, 2.45) is 0 Å². The largest absolute Gasteiger partial charge is 0.452 e. The summed E-state index contributed by atoms with van der Waals surface area (Å²) in [6.07, 6.45) is 1.41. The highest BCUT2D eigenvalue weighted by Gasteiger charge is 2.13. The van der Waals surface area contributed by atoms with Crippen molar-refractivity contribution in [3.05, 3.63) is 56.6 Å². The molecule has 0 fully saturated rings. The molecule has 20 heavy (non-hydrogen) atoms. The van der Waals surface area contributed by atoms with Gasteiger partial charge in [0, 0.05) is 11.1 Å². The van der Waals surface area contributed by atoms with E-state index in [0.29, 0.717) is 6.54 Å². The molecule has 1 amide bonds. The van der Waals surface area contributed by atoms with E-state index in [9.17, 15) is 14.4 Å². The van der Waals surface area contributed by atoms with Gasteiger partial charge in [-0.3, -0.25) is 9.59 Å². The third-order valence-corrected chi connectivity index (χ3v) is 3.29. The van der Waals surface area contributed by atoms with Crippen LogP contribution >= 0.6 is 11.3 Å². The Morgan fingerprint density at radius 3 is 2.85 bits per heavy atom. The van der Waals surface area contributed by atoms with Crippen molar-refractivity contribution < 1.29 is 14.3 Å². The lowest BCUT2D eigenvalue weighted by Gasteiger charge is -2.05.